The number of aryl methyl sites for hydroxylation is 2. The van der Waals surface area contributed by atoms with Crippen molar-refractivity contribution in [1.82, 2.24) is 24.8 Å². The maximum atomic E-state index is 12.7. The van der Waals surface area contributed by atoms with Crippen molar-refractivity contribution in [2.75, 3.05) is 6.54 Å². The van der Waals surface area contributed by atoms with Crippen LogP contribution in [-0.4, -0.2) is 29.7 Å². The summed E-state index contributed by atoms with van der Waals surface area (Å²) in [6, 6.07) is 7.29. The molecular weight excluding hydrogens is 350 g/mol. The summed E-state index contributed by atoms with van der Waals surface area (Å²) < 4.78 is 29.7. The summed E-state index contributed by atoms with van der Waals surface area (Å²) >= 11 is 0. The average molecular weight is 371 g/mol. The van der Waals surface area contributed by atoms with Gasteiger partial charge in [-0.1, -0.05) is 6.07 Å². The fourth-order valence-electron chi connectivity index (χ4n) is 3.25. The van der Waals surface area contributed by atoms with Gasteiger partial charge in [0.25, 0.3) is 0 Å². The van der Waals surface area contributed by atoms with Crippen LogP contribution in [0.2, 0.25) is 0 Å². The van der Waals surface area contributed by atoms with Crippen LogP contribution >= 0.6 is 0 Å². The van der Waals surface area contributed by atoms with Gasteiger partial charge in [0.2, 0.25) is 10.0 Å². The number of nitrogens with one attached hydrogen (secondary N) is 2. The van der Waals surface area contributed by atoms with Crippen molar-refractivity contribution < 1.29 is 8.42 Å². The number of hydrogen-bond acceptors (Lipinski definition) is 5. The molecular formula is C18H21N5O2S. The molecule has 3 heterocycles. The molecule has 1 aliphatic heterocycles. The molecule has 0 bridgehead atoms. The standard InChI is InChI=1S/C18H21N5O2S/c1-23-18-16(12-21-23)7-13(9-20-18)10-22-26(24,25)17-5-4-15-11-19-6-2-3-14(15)8-17/h4-5,7-9,12,19,22H,2-3,6,10-11H2,1H3. The molecule has 0 amide bonds. The molecule has 0 saturated carbocycles. The second kappa shape index (κ2) is 6.79. The summed E-state index contributed by atoms with van der Waals surface area (Å²) in [7, 11) is -1.75. The third-order valence-corrected chi connectivity index (χ3v) is 6.10. The molecule has 8 heteroatoms. The zero-order valence-electron chi connectivity index (χ0n) is 14.6. The first-order chi connectivity index (χ1) is 12.5. The maximum Gasteiger partial charge on any atom is 0.240 e. The second-order valence-electron chi connectivity index (χ2n) is 6.56. The van der Waals surface area contributed by atoms with E-state index < -0.39 is 10.0 Å². The van der Waals surface area contributed by atoms with Crippen LogP contribution < -0.4 is 10.0 Å². The van der Waals surface area contributed by atoms with E-state index in [-0.39, 0.29) is 6.54 Å². The molecule has 0 saturated heterocycles. The highest BCUT2D eigenvalue weighted by atomic mass is 32.2. The maximum absolute atomic E-state index is 12.7. The number of nitrogens with zero attached hydrogens (tertiary/aromatic N) is 3. The van der Waals surface area contributed by atoms with Crippen LogP contribution in [0.5, 0.6) is 0 Å². The smallest absolute Gasteiger partial charge is 0.240 e. The van der Waals surface area contributed by atoms with Gasteiger partial charge in [0.1, 0.15) is 0 Å². The summed E-state index contributed by atoms with van der Waals surface area (Å²) in [5, 5.41) is 8.39. The van der Waals surface area contributed by atoms with Gasteiger partial charge in [0.05, 0.1) is 11.1 Å². The Morgan fingerprint density at radius 2 is 2.12 bits per heavy atom. The minimum absolute atomic E-state index is 0.193. The highest BCUT2D eigenvalue weighted by molar-refractivity contribution is 7.89. The molecule has 0 aliphatic carbocycles. The van der Waals surface area contributed by atoms with Crippen LogP contribution in [0.1, 0.15) is 23.1 Å². The predicted molar refractivity (Wildman–Crippen MR) is 99.0 cm³/mol. The lowest BCUT2D eigenvalue weighted by atomic mass is 10.0. The largest absolute Gasteiger partial charge is 0.313 e. The number of benzene rings is 1. The number of sulfonamides is 1. The van der Waals surface area contributed by atoms with Gasteiger partial charge in [-0.2, -0.15) is 5.10 Å². The molecule has 2 N–H and O–H groups in total. The van der Waals surface area contributed by atoms with Crippen LogP contribution in [0.25, 0.3) is 11.0 Å². The summed E-state index contributed by atoms with van der Waals surface area (Å²) in [5.41, 5.74) is 3.85. The molecule has 2 aromatic heterocycles. The van der Waals surface area contributed by atoms with E-state index in [1.807, 2.05) is 19.2 Å². The Morgan fingerprint density at radius 1 is 1.23 bits per heavy atom. The Labute approximate surface area is 152 Å². The topological polar surface area (TPSA) is 88.9 Å². The summed E-state index contributed by atoms with van der Waals surface area (Å²) in [5.74, 6) is 0. The Morgan fingerprint density at radius 3 is 3.00 bits per heavy atom. The number of aromatic nitrogens is 3. The van der Waals surface area contributed by atoms with Crippen molar-refractivity contribution in [3.8, 4) is 0 Å². The number of pyridine rings is 1. The molecule has 1 aliphatic rings. The number of fused-ring (bicyclic) bond motifs is 2. The van der Waals surface area contributed by atoms with E-state index >= 15 is 0 Å². The second-order valence-corrected chi connectivity index (χ2v) is 8.33. The van der Waals surface area contributed by atoms with Crippen molar-refractivity contribution in [1.29, 1.82) is 0 Å². The Balaban J connectivity index is 1.53. The fourth-order valence-corrected chi connectivity index (χ4v) is 4.32. The molecule has 0 atom stereocenters. The Hall–Kier alpha value is -2.29. The number of rotatable bonds is 4. The first kappa shape index (κ1) is 17.1. The van der Waals surface area contributed by atoms with Gasteiger partial charge in [-0.25, -0.2) is 18.1 Å². The van der Waals surface area contributed by atoms with Gasteiger partial charge in [-0.05, 0) is 54.3 Å². The zero-order valence-corrected chi connectivity index (χ0v) is 15.4. The van der Waals surface area contributed by atoms with E-state index in [0.717, 1.165) is 48.1 Å². The molecule has 1 aromatic carbocycles. The molecule has 3 aromatic rings. The van der Waals surface area contributed by atoms with E-state index in [1.54, 1.807) is 29.2 Å². The molecule has 0 spiro atoms. The molecule has 4 rings (SSSR count). The lowest BCUT2D eigenvalue weighted by Gasteiger charge is -2.11. The lowest BCUT2D eigenvalue weighted by molar-refractivity contribution is 0.581. The molecule has 26 heavy (non-hydrogen) atoms. The lowest BCUT2D eigenvalue weighted by Crippen LogP contribution is -2.23. The third-order valence-electron chi connectivity index (χ3n) is 4.70. The van der Waals surface area contributed by atoms with E-state index in [2.05, 4.69) is 20.1 Å². The highest BCUT2D eigenvalue weighted by Gasteiger charge is 2.17. The summed E-state index contributed by atoms with van der Waals surface area (Å²) in [6.45, 7) is 1.94. The Kier molecular flexibility index (Phi) is 4.47. The minimum atomic E-state index is -3.57. The van der Waals surface area contributed by atoms with Crippen LogP contribution in [0.3, 0.4) is 0 Å². The molecule has 0 radical (unpaired) electrons. The minimum Gasteiger partial charge on any atom is -0.313 e. The average Bonchev–Trinajstić information content (AvgIpc) is 2.86. The van der Waals surface area contributed by atoms with Gasteiger partial charge in [-0.15, -0.1) is 0 Å². The van der Waals surface area contributed by atoms with Crippen LogP contribution in [-0.2, 0) is 36.6 Å². The first-order valence-electron chi connectivity index (χ1n) is 8.62. The fraction of sp³-hybridized carbons (Fsp3) is 0.333. The van der Waals surface area contributed by atoms with E-state index in [0.29, 0.717) is 4.90 Å². The van der Waals surface area contributed by atoms with Crippen molar-refractivity contribution in [3.63, 3.8) is 0 Å². The monoisotopic (exact) mass is 371 g/mol. The van der Waals surface area contributed by atoms with E-state index in [9.17, 15) is 8.42 Å². The van der Waals surface area contributed by atoms with Gasteiger partial charge in [0, 0.05) is 31.7 Å². The van der Waals surface area contributed by atoms with Crippen LogP contribution in [0, 0.1) is 0 Å². The van der Waals surface area contributed by atoms with Gasteiger partial charge in [-0.3, -0.25) is 4.68 Å². The van der Waals surface area contributed by atoms with Crippen molar-refractivity contribution >= 4 is 21.1 Å². The Bertz CT molecular complexity index is 1060. The van der Waals surface area contributed by atoms with Gasteiger partial charge in [0.15, 0.2) is 5.65 Å². The molecule has 7 nitrogen and oxygen atoms in total. The quantitative estimate of drug-likeness (QED) is 0.725. The van der Waals surface area contributed by atoms with Crippen molar-refractivity contribution in [3.05, 3.63) is 53.3 Å². The third kappa shape index (κ3) is 3.35. The molecule has 0 unspecified atom stereocenters. The van der Waals surface area contributed by atoms with E-state index in [4.69, 9.17) is 0 Å². The predicted octanol–water partition coefficient (Wildman–Crippen LogP) is 1.48. The van der Waals surface area contributed by atoms with Crippen LogP contribution in [0.15, 0.2) is 41.6 Å². The highest BCUT2D eigenvalue weighted by Crippen LogP contribution is 2.20. The first-order valence-corrected chi connectivity index (χ1v) is 10.1. The van der Waals surface area contributed by atoms with Crippen LogP contribution in [0.4, 0.5) is 0 Å². The zero-order chi connectivity index (χ0) is 18.1. The van der Waals surface area contributed by atoms with Crippen molar-refractivity contribution in [2.24, 2.45) is 7.05 Å². The van der Waals surface area contributed by atoms with Crippen molar-refractivity contribution in [2.45, 2.75) is 30.8 Å². The normalized spacial score (nSPS) is 15.0. The van der Waals surface area contributed by atoms with Gasteiger partial charge < -0.3 is 5.32 Å². The van der Waals surface area contributed by atoms with Gasteiger partial charge >= 0.3 is 0 Å². The van der Waals surface area contributed by atoms with E-state index in [1.165, 1.54) is 5.56 Å². The summed E-state index contributed by atoms with van der Waals surface area (Å²) in [6.07, 6.45) is 5.31. The summed E-state index contributed by atoms with van der Waals surface area (Å²) in [4.78, 5) is 4.65. The molecule has 0 fully saturated rings. The SMILES string of the molecule is Cn1ncc2cc(CNS(=O)(=O)c3ccc4c(c3)CCCNC4)cnc21. The number of hydrogen-bond donors (Lipinski definition) is 2. The molecule has 136 valence electrons.